The molecule has 0 saturated carbocycles. The number of primary amides is 1. The third-order valence-electron chi connectivity index (χ3n) is 11.5. The lowest BCUT2D eigenvalue weighted by Crippen LogP contribution is -2.47. The highest BCUT2D eigenvalue weighted by Crippen LogP contribution is 2.23. The van der Waals surface area contributed by atoms with Crippen LogP contribution in [0.4, 0.5) is 0 Å². The Kier molecular flexibility index (Phi) is 24.9. The van der Waals surface area contributed by atoms with Gasteiger partial charge in [-0.2, -0.15) is 0 Å². The first-order valence-corrected chi connectivity index (χ1v) is 22.4. The molecule has 2 rings (SSSR count). The van der Waals surface area contributed by atoms with Gasteiger partial charge < -0.3 is 32.9 Å². The van der Waals surface area contributed by atoms with Crippen LogP contribution in [0.2, 0.25) is 12.6 Å². The number of benzene rings is 2. The standard InChI is InChI=1S/C47H72BN5O8/c1-5-7-12-33-17-19-35(20-18-33)36-21-23-37(24-22-36)42(55)16-10-14-39(54)30-38(13-11-28-50)47(60)53-41(25-26-45(51)58)44(57)31-34(6-2)46(59)52-40(15-8-9-27-49)43(56)29-32(3)48(4)61/h17-24,32,34,38,40-41,61H,5-16,25-31,49-50H2,1-4H3,(H2,51,58)(H,52,59)(H,53,60)/t32-,34-,38-,40+,41+/m1/s1. The van der Waals surface area contributed by atoms with E-state index in [9.17, 15) is 38.6 Å². The number of amides is 3. The van der Waals surface area contributed by atoms with Crippen molar-refractivity contribution in [3.8, 4) is 11.1 Å². The SMILES string of the molecule is CCCCc1ccc(-c2ccc(C(=O)CCCC(=O)C[C@@H](CCCN)C(=O)N[C@@H](CCC(N)=O)C(=O)C[C@@H](CC)C(=O)N[C@@H](CCCCN)C(=O)C[C@@H](C)B(C)O)cc2)cc1. The van der Waals surface area contributed by atoms with Crippen molar-refractivity contribution in [1.29, 1.82) is 0 Å². The molecule has 0 saturated heterocycles. The molecule has 9 N–H and O–H groups in total. The number of hydrogen-bond acceptors (Lipinski definition) is 10. The van der Waals surface area contributed by atoms with Crippen molar-refractivity contribution >= 4 is 47.8 Å². The smallest absolute Gasteiger partial charge is 0.289 e. The molecule has 0 radical (unpaired) electrons. The van der Waals surface area contributed by atoms with Crippen LogP contribution in [0.3, 0.4) is 0 Å². The van der Waals surface area contributed by atoms with Gasteiger partial charge in [0.1, 0.15) is 5.78 Å². The van der Waals surface area contributed by atoms with Gasteiger partial charge in [0.15, 0.2) is 17.3 Å². The first kappa shape index (κ1) is 52.6. The van der Waals surface area contributed by atoms with Crippen molar-refractivity contribution in [2.75, 3.05) is 13.1 Å². The summed E-state index contributed by atoms with van der Waals surface area (Å²) in [6.07, 6.45) is 5.90. The van der Waals surface area contributed by atoms with Crippen LogP contribution in [0, 0.1) is 11.8 Å². The van der Waals surface area contributed by atoms with Gasteiger partial charge in [-0.05, 0) is 99.8 Å². The molecular formula is C47H72BN5O8. The van der Waals surface area contributed by atoms with Crippen LogP contribution >= 0.6 is 0 Å². The second-order valence-corrected chi connectivity index (χ2v) is 16.6. The number of ketones is 4. The van der Waals surface area contributed by atoms with E-state index >= 15 is 0 Å². The summed E-state index contributed by atoms with van der Waals surface area (Å²) in [6, 6.07) is 13.9. The number of aryl methyl sites for hydroxylation is 1. The fourth-order valence-corrected chi connectivity index (χ4v) is 7.17. The molecule has 0 unspecified atom stereocenters. The summed E-state index contributed by atoms with van der Waals surface area (Å²) < 4.78 is 0. The first-order chi connectivity index (χ1) is 29.1. The summed E-state index contributed by atoms with van der Waals surface area (Å²) in [6.45, 7) is 7.27. The molecule has 0 aliphatic heterocycles. The minimum Gasteiger partial charge on any atom is -0.450 e. The molecule has 2 aromatic rings. The average molecular weight is 846 g/mol. The van der Waals surface area contributed by atoms with E-state index in [-0.39, 0.29) is 87.5 Å². The zero-order valence-corrected chi connectivity index (χ0v) is 37.1. The monoisotopic (exact) mass is 846 g/mol. The highest BCUT2D eigenvalue weighted by atomic mass is 16.2. The van der Waals surface area contributed by atoms with E-state index in [1.165, 1.54) is 5.56 Å². The lowest BCUT2D eigenvalue weighted by molar-refractivity contribution is -0.135. The molecule has 14 heteroatoms. The summed E-state index contributed by atoms with van der Waals surface area (Å²) in [5, 5.41) is 15.5. The predicted molar refractivity (Wildman–Crippen MR) is 242 cm³/mol. The molecule has 0 fully saturated rings. The lowest BCUT2D eigenvalue weighted by atomic mass is 9.58. The summed E-state index contributed by atoms with van der Waals surface area (Å²) in [5.74, 6) is -4.66. The fraction of sp³-hybridized carbons (Fsp3) is 0.596. The molecule has 0 aliphatic carbocycles. The van der Waals surface area contributed by atoms with Crippen LogP contribution in [-0.4, -0.2) is 78.0 Å². The van der Waals surface area contributed by atoms with Crippen LogP contribution in [0.15, 0.2) is 48.5 Å². The number of unbranched alkanes of at least 4 members (excludes halogenated alkanes) is 2. The molecule has 3 amide bonds. The third-order valence-corrected chi connectivity index (χ3v) is 11.5. The number of rotatable bonds is 33. The van der Waals surface area contributed by atoms with Gasteiger partial charge in [0.25, 0.3) is 6.92 Å². The lowest BCUT2D eigenvalue weighted by Gasteiger charge is -2.25. The Morgan fingerprint density at radius 3 is 1.79 bits per heavy atom. The van der Waals surface area contributed by atoms with Crippen molar-refractivity contribution in [3.63, 3.8) is 0 Å². The molecular weight excluding hydrogens is 773 g/mol. The number of Topliss-reactive ketones (excluding diaryl/α,β-unsaturated/α-hetero) is 4. The van der Waals surface area contributed by atoms with Crippen molar-refractivity contribution in [1.82, 2.24) is 10.6 Å². The molecule has 61 heavy (non-hydrogen) atoms. The summed E-state index contributed by atoms with van der Waals surface area (Å²) in [5.41, 5.74) is 20.8. The molecule has 5 atom stereocenters. The molecule has 336 valence electrons. The number of nitrogens with two attached hydrogens (primary N) is 3. The maximum atomic E-state index is 13.8. The molecule has 0 heterocycles. The zero-order chi connectivity index (χ0) is 45.3. The van der Waals surface area contributed by atoms with Gasteiger partial charge in [-0.3, -0.25) is 33.6 Å². The maximum Gasteiger partial charge on any atom is 0.289 e. The van der Waals surface area contributed by atoms with E-state index in [2.05, 4.69) is 41.8 Å². The summed E-state index contributed by atoms with van der Waals surface area (Å²) in [4.78, 5) is 92.1. The van der Waals surface area contributed by atoms with Gasteiger partial charge in [0, 0.05) is 55.9 Å². The summed E-state index contributed by atoms with van der Waals surface area (Å²) in [7, 11) is 0. The molecule has 2 aromatic carbocycles. The summed E-state index contributed by atoms with van der Waals surface area (Å²) >= 11 is 0. The van der Waals surface area contributed by atoms with Crippen molar-refractivity contribution in [3.05, 3.63) is 59.7 Å². The number of carbonyl (C=O) groups is 7. The van der Waals surface area contributed by atoms with Crippen molar-refractivity contribution in [2.24, 2.45) is 29.0 Å². The quantitative estimate of drug-likeness (QED) is 0.0292. The number of hydrogen-bond donors (Lipinski definition) is 6. The van der Waals surface area contributed by atoms with Gasteiger partial charge in [0.05, 0.1) is 12.1 Å². The first-order valence-electron chi connectivity index (χ1n) is 22.4. The largest absolute Gasteiger partial charge is 0.450 e. The van der Waals surface area contributed by atoms with E-state index in [4.69, 9.17) is 17.2 Å². The van der Waals surface area contributed by atoms with E-state index < -0.39 is 54.3 Å². The second kappa shape index (κ2) is 28.9. The molecule has 13 nitrogen and oxygen atoms in total. The van der Waals surface area contributed by atoms with E-state index in [1.807, 2.05) is 12.1 Å². The van der Waals surface area contributed by atoms with Crippen LogP contribution in [0.1, 0.15) is 139 Å². The Balaban J connectivity index is 2.05. The fourth-order valence-electron chi connectivity index (χ4n) is 7.17. The zero-order valence-electron chi connectivity index (χ0n) is 37.1. The highest BCUT2D eigenvalue weighted by Gasteiger charge is 2.32. The van der Waals surface area contributed by atoms with Crippen molar-refractivity contribution < 1.29 is 38.6 Å². The Bertz CT molecular complexity index is 1700. The van der Waals surface area contributed by atoms with Crippen LogP contribution in [0.25, 0.3) is 11.1 Å². The topological polar surface area (TPSA) is 242 Å². The van der Waals surface area contributed by atoms with Gasteiger partial charge in [-0.15, -0.1) is 0 Å². The Hall–Kier alpha value is -4.53. The van der Waals surface area contributed by atoms with Crippen LogP contribution in [-0.2, 0) is 35.2 Å². The highest BCUT2D eigenvalue weighted by molar-refractivity contribution is 6.50. The van der Waals surface area contributed by atoms with Crippen LogP contribution < -0.4 is 27.8 Å². The van der Waals surface area contributed by atoms with E-state index in [1.54, 1.807) is 32.8 Å². The van der Waals surface area contributed by atoms with Gasteiger partial charge in [0.2, 0.25) is 17.7 Å². The third kappa shape index (κ3) is 19.8. The minimum absolute atomic E-state index is 0.0675. The average Bonchev–Trinajstić information content (AvgIpc) is 3.24. The van der Waals surface area contributed by atoms with E-state index in [0.717, 1.165) is 30.4 Å². The Labute approximate surface area is 363 Å². The Morgan fingerprint density at radius 1 is 0.656 bits per heavy atom. The maximum absolute atomic E-state index is 13.8. The van der Waals surface area contributed by atoms with Crippen LogP contribution in [0.5, 0.6) is 0 Å². The normalized spacial score (nSPS) is 13.6. The molecule has 0 spiro atoms. The number of nitrogens with one attached hydrogen (secondary N) is 2. The second-order valence-electron chi connectivity index (χ2n) is 16.6. The van der Waals surface area contributed by atoms with Gasteiger partial charge >= 0.3 is 0 Å². The van der Waals surface area contributed by atoms with Crippen molar-refractivity contribution in [2.45, 2.75) is 155 Å². The predicted octanol–water partition coefficient (Wildman–Crippen LogP) is 5.68. The van der Waals surface area contributed by atoms with Gasteiger partial charge in [-0.25, -0.2) is 0 Å². The van der Waals surface area contributed by atoms with Gasteiger partial charge in [-0.1, -0.05) is 82.5 Å². The minimum atomic E-state index is -1.15. The Morgan fingerprint density at radius 2 is 1.23 bits per heavy atom. The molecule has 0 bridgehead atoms. The molecule has 0 aromatic heterocycles. The molecule has 0 aliphatic rings. The number of carbonyl (C=O) groups excluding carboxylic acids is 7. The van der Waals surface area contributed by atoms with E-state index in [0.29, 0.717) is 44.2 Å².